The van der Waals surface area contributed by atoms with Crippen molar-refractivity contribution in [2.75, 3.05) is 4.90 Å². The summed E-state index contributed by atoms with van der Waals surface area (Å²) in [6.45, 7) is 6.40. The SMILES string of the molecule is CCC1CC(N)CC(C)N1c1cnc(Sc2cccc(Cl)c2Cl)c(C)n1. The fourth-order valence-corrected chi connectivity index (χ4v) is 4.92. The maximum atomic E-state index is 6.30. The average molecular weight is 411 g/mol. The van der Waals surface area contributed by atoms with Gasteiger partial charge in [-0.15, -0.1) is 0 Å². The lowest BCUT2D eigenvalue weighted by Crippen LogP contribution is -2.52. The first-order chi connectivity index (χ1) is 12.4. The lowest BCUT2D eigenvalue weighted by Gasteiger charge is -2.43. The third-order valence-corrected chi connectivity index (χ3v) is 6.92. The Kier molecular flexibility index (Phi) is 6.33. The quantitative estimate of drug-likeness (QED) is 0.736. The molecule has 3 unspecified atom stereocenters. The van der Waals surface area contributed by atoms with Crippen molar-refractivity contribution in [3.8, 4) is 0 Å². The van der Waals surface area contributed by atoms with Crippen molar-refractivity contribution >= 4 is 40.8 Å². The topological polar surface area (TPSA) is 55.0 Å². The van der Waals surface area contributed by atoms with Gasteiger partial charge in [-0.2, -0.15) is 0 Å². The molecule has 0 saturated carbocycles. The predicted molar refractivity (Wildman–Crippen MR) is 111 cm³/mol. The molecule has 7 heteroatoms. The number of rotatable bonds is 4. The molecule has 0 spiro atoms. The molecule has 4 nitrogen and oxygen atoms in total. The number of nitrogens with two attached hydrogens (primary N) is 1. The summed E-state index contributed by atoms with van der Waals surface area (Å²) >= 11 is 13.9. The van der Waals surface area contributed by atoms with Gasteiger partial charge in [-0.05, 0) is 45.2 Å². The summed E-state index contributed by atoms with van der Waals surface area (Å²) < 4.78 is 0. The highest BCUT2D eigenvalue weighted by atomic mass is 35.5. The number of hydrogen-bond acceptors (Lipinski definition) is 5. The van der Waals surface area contributed by atoms with Gasteiger partial charge in [0.2, 0.25) is 0 Å². The van der Waals surface area contributed by atoms with E-state index in [0.717, 1.165) is 40.7 Å². The van der Waals surface area contributed by atoms with Crippen LogP contribution in [0.2, 0.25) is 10.0 Å². The minimum atomic E-state index is 0.264. The Balaban J connectivity index is 1.86. The number of benzene rings is 1. The van der Waals surface area contributed by atoms with Crippen LogP contribution in [0.15, 0.2) is 34.3 Å². The molecule has 1 aromatic heterocycles. The van der Waals surface area contributed by atoms with Crippen LogP contribution < -0.4 is 10.6 Å². The lowest BCUT2D eigenvalue weighted by molar-refractivity contribution is 0.347. The van der Waals surface area contributed by atoms with Crippen molar-refractivity contribution < 1.29 is 0 Å². The van der Waals surface area contributed by atoms with E-state index >= 15 is 0 Å². The number of anilines is 1. The Labute approximate surface area is 169 Å². The third kappa shape index (κ3) is 4.11. The van der Waals surface area contributed by atoms with E-state index in [1.807, 2.05) is 25.3 Å². The van der Waals surface area contributed by atoms with Gasteiger partial charge in [-0.1, -0.05) is 48.0 Å². The summed E-state index contributed by atoms with van der Waals surface area (Å²) in [5, 5.41) is 1.93. The van der Waals surface area contributed by atoms with Crippen molar-refractivity contribution in [1.82, 2.24) is 9.97 Å². The molecule has 1 aliphatic rings. The number of aryl methyl sites for hydroxylation is 1. The van der Waals surface area contributed by atoms with Crippen LogP contribution in [0.3, 0.4) is 0 Å². The number of nitrogens with zero attached hydrogens (tertiary/aromatic N) is 3. The normalized spacial score (nSPS) is 23.3. The van der Waals surface area contributed by atoms with Crippen LogP contribution in [0.1, 0.15) is 38.8 Å². The van der Waals surface area contributed by atoms with E-state index in [-0.39, 0.29) is 6.04 Å². The molecule has 2 aromatic rings. The van der Waals surface area contributed by atoms with Crippen molar-refractivity contribution in [2.24, 2.45) is 5.73 Å². The van der Waals surface area contributed by atoms with Crippen LogP contribution >= 0.6 is 35.0 Å². The molecule has 140 valence electrons. The van der Waals surface area contributed by atoms with Crippen LogP contribution in [0.5, 0.6) is 0 Å². The van der Waals surface area contributed by atoms with E-state index in [0.29, 0.717) is 22.1 Å². The zero-order chi connectivity index (χ0) is 18.8. The highest BCUT2D eigenvalue weighted by molar-refractivity contribution is 7.99. The van der Waals surface area contributed by atoms with Gasteiger partial charge in [-0.3, -0.25) is 0 Å². The van der Waals surface area contributed by atoms with E-state index in [9.17, 15) is 0 Å². The van der Waals surface area contributed by atoms with E-state index in [1.165, 1.54) is 11.8 Å². The maximum Gasteiger partial charge on any atom is 0.147 e. The van der Waals surface area contributed by atoms with Gasteiger partial charge in [0.1, 0.15) is 10.8 Å². The second-order valence-corrected chi connectivity index (χ2v) is 8.64. The fraction of sp³-hybridized carbons (Fsp3) is 0.474. The Morgan fingerprint density at radius 1 is 1.31 bits per heavy atom. The molecular weight excluding hydrogens is 387 g/mol. The van der Waals surface area contributed by atoms with Crippen LogP contribution in [-0.2, 0) is 0 Å². The van der Waals surface area contributed by atoms with Gasteiger partial charge in [0.15, 0.2) is 0 Å². The van der Waals surface area contributed by atoms with Crippen molar-refractivity contribution in [2.45, 2.75) is 68.1 Å². The first-order valence-corrected chi connectivity index (χ1v) is 10.5. The first-order valence-electron chi connectivity index (χ1n) is 8.90. The van der Waals surface area contributed by atoms with Gasteiger partial charge < -0.3 is 10.6 Å². The fourth-order valence-electron chi connectivity index (χ4n) is 3.60. The second kappa shape index (κ2) is 8.34. The minimum Gasteiger partial charge on any atom is -0.350 e. The monoisotopic (exact) mass is 410 g/mol. The highest BCUT2D eigenvalue weighted by Crippen LogP contribution is 2.38. The summed E-state index contributed by atoms with van der Waals surface area (Å²) in [5.41, 5.74) is 7.10. The second-order valence-electron chi connectivity index (χ2n) is 6.82. The van der Waals surface area contributed by atoms with Crippen molar-refractivity contribution in [1.29, 1.82) is 0 Å². The standard InChI is InChI=1S/C19H24Cl2N4S/c1-4-14-9-13(22)8-11(2)25(14)17-10-23-19(12(3)24-17)26-16-7-5-6-15(20)18(16)21/h5-7,10-11,13-14H,4,8-9,22H2,1-3H3. The van der Waals surface area contributed by atoms with Gasteiger partial charge >= 0.3 is 0 Å². The van der Waals surface area contributed by atoms with Crippen molar-refractivity contribution in [3.05, 3.63) is 40.1 Å². The summed E-state index contributed by atoms with van der Waals surface area (Å²) in [4.78, 5) is 12.8. The molecule has 1 saturated heterocycles. The summed E-state index contributed by atoms with van der Waals surface area (Å²) in [5.74, 6) is 0.926. The van der Waals surface area contributed by atoms with Gasteiger partial charge in [0.05, 0.1) is 21.9 Å². The molecule has 3 atom stereocenters. The van der Waals surface area contributed by atoms with E-state index in [2.05, 4.69) is 23.7 Å². The molecule has 0 amide bonds. The average Bonchev–Trinajstić information content (AvgIpc) is 2.60. The maximum absolute atomic E-state index is 6.30. The van der Waals surface area contributed by atoms with E-state index in [1.54, 1.807) is 6.07 Å². The van der Waals surface area contributed by atoms with Crippen LogP contribution in [0.4, 0.5) is 5.82 Å². The molecule has 0 radical (unpaired) electrons. The number of aromatic nitrogens is 2. The van der Waals surface area contributed by atoms with E-state index < -0.39 is 0 Å². The highest BCUT2D eigenvalue weighted by Gasteiger charge is 2.32. The molecule has 3 rings (SSSR count). The smallest absolute Gasteiger partial charge is 0.147 e. The molecule has 2 N–H and O–H groups in total. The molecule has 1 aliphatic heterocycles. The predicted octanol–water partition coefficient (Wildman–Crippen LogP) is 5.34. The molecule has 2 heterocycles. The summed E-state index contributed by atoms with van der Waals surface area (Å²) in [6, 6.07) is 6.64. The van der Waals surface area contributed by atoms with Crippen molar-refractivity contribution in [3.63, 3.8) is 0 Å². The van der Waals surface area contributed by atoms with Crippen LogP contribution in [-0.4, -0.2) is 28.1 Å². The molecule has 1 fully saturated rings. The summed E-state index contributed by atoms with van der Waals surface area (Å²) in [6.07, 6.45) is 4.89. The Hall–Kier alpha value is -1.01. The largest absolute Gasteiger partial charge is 0.350 e. The lowest BCUT2D eigenvalue weighted by atomic mass is 9.91. The Bertz CT molecular complexity index is 786. The summed E-state index contributed by atoms with van der Waals surface area (Å²) in [7, 11) is 0. The minimum absolute atomic E-state index is 0.264. The zero-order valence-electron chi connectivity index (χ0n) is 15.2. The molecule has 1 aromatic carbocycles. The molecule has 0 aliphatic carbocycles. The molecule has 0 bridgehead atoms. The van der Waals surface area contributed by atoms with Gasteiger partial charge in [0, 0.05) is 23.0 Å². The van der Waals surface area contributed by atoms with Crippen LogP contribution in [0, 0.1) is 6.92 Å². The van der Waals surface area contributed by atoms with Gasteiger partial charge in [-0.25, -0.2) is 9.97 Å². The Morgan fingerprint density at radius 2 is 2.08 bits per heavy atom. The number of hydrogen-bond donors (Lipinski definition) is 1. The molecular formula is C19H24Cl2N4S. The van der Waals surface area contributed by atoms with E-state index in [4.69, 9.17) is 33.9 Å². The number of halogens is 2. The third-order valence-electron chi connectivity index (χ3n) is 4.83. The zero-order valence-corrected chi connectivity index (χ0v) is 17.6. The van der Waals surface area contributed by atoms with Gasteiger partial charge in [0.25, 0.3) is 0 Å². The Morgan fingerprint density at radius 3 is 2.77 bits per heavy atom. The first kappa shape index (κ1) is 19.7. The van der Waals surface area contributed by atoms with Crippen LogP contribution in [0.25, 0.3) is 0 Å². The molecule has 26 heavy (non-hydrogen) atoms. The number of piperidine rings is 1.